The fourth-order valence-corrected chi connectivity index (χ4v) is 2.10. The van der Waals surface area contributed by atoms with E-state index < -0.39 is 0 Å². The molecule has 0 aliphatic heterocycles. The molecule has 1 rings (SSSR count). The van der Waals surface area contributed by atoms with Gasteiger partial charge in [-0.2, -0.15) is 0 Å². The molecule has 0 aliphatic rings. The second kappa shape index (κ2) is 8.15. The molecule has 0 aliphatic carbocycles. The fraction of sp³-hybridized carbons (Fsp3) is 0.600. The van der Waals surface area contributed by atoms with Crippen LogP contribution in [0.25, 0.3) is 0 Å². The maximum Gasteiger partial charge on any atom is 0.124 e. The first-order valence-corrected chi connectivity index (χ1v) is 6.86. The van der Waals surface area contributed by atoms with Crippen LogP contribution in [0, 0.1) is 0 Å². The van der Waals surface area contributed by atoms with Gasteiger partial charge in [0.05, 0.1) is 12.6 Å². The third-order valence-electron chi connectivity index (χ3n) is 3.23. The molecule has 0 radical (unpaired) electrons. The SMILES string of the molecule is CCOc1ccccc1C(CN)N(C)CCN(C)C. The van der Waals surface area contributed by atoms with Crippen LogP contribution in [0.5, 0.6) is 5.75 Å². The number of ether oxygens (including phenoxy) is 1. The van der Waals surface area contributed by atoms with Crippen molar-refractivity contribution in [1.82, 2.24) is 9.80 Å². The van der Waals surface area contributed by atoms with E-state index in [4.69, 9.17) is 10.5 Å². The normalized spacial score (nSPS) is 13.0. The molecule has 0 aromatic heterocycles. The van der Waals surface area contributed by atoms with Gasteiger partial charge in [-0.05, 0) is 34.1 Å². The van der Waals surface area contributed by atoms with Crippen molar-refractivity contribution in [2.45, 2.75) is 13.0 Å². The van der Waals surface area contributed by atoms with Crippen molar-refractivity contribution in [2.75, 3.05) is 47.4 Å². The highest BCUT2D eigenvalue weighted by Gasteiger charge is 2.19. The summed E-state index contributed by atoms with van der Waals surface area (Å²) in [7, 11) is 6.28. The highest BCUT2D eigenvalue weighted by atomic mass is 16.5. The Kier molecular flexibility index (Phi) is 6.84. The number of hydrogen-bond donors (Lipinski definition) is 1. The lowest BCUT2D eigenvalue weighted by atomic mass is 10.0. The van der Waals surface area contributed by atoms with Crippen LogP contribution >= 0.6 is 0 Å². The van der Waals surface area contributed by atoms with Crippen LogP contribution in [-0.2, 0) is 0 Å². The van der Waals surface area contributed by atoms with Crippen molar-refractivity contribution in [1.29, 1.82) is 0 Å². The standard InChI is InChI=1S/C15H27N3O/c1-5-19-15-9-7-6-8-13(15)14(12-16)18(4)11-10-17(2)3/h6-9,14H,5,10-12,16H2,1-4H3. The summed E-state index contributed by atoms with van der Waals surface area (Å²) < 4.78 is 5.70. The van der Waals surface area contributed by atoms with E-state index in [1.807, 2.05) is 25.1 Å². The first kappa shape index (κ1) is 16.0. The van der Waals surface area contributed by atoms with Gasteiger partial charge >= 0.3 is 0 Å². The molecule has 2 N–H and O–H groups in total. The molecule has 4 nitrogen and oxygen atoms in total. The summed E-state index contributed by atoms with van der Waals surface area (Å²) in [4.78, 5) is 4.47. The Morgan fingerprint density at radius 1 is 1.16 bits per heavy atom. The van der Waals surface area contributed by atoms with Gasteiger partial charge in [-0.1, -0.05) is 18.2 Å². The van der Waals surface area contributed by atoms with Gasteiger partial charge in [0.1, 0.15) is 5.75 Å². The first-order valence-electron chi connectivity index (χ1n) is 6.86. The summed E-state index contributed by atoms with van der Waals surface area (Å²) in [5.74, 6) is 0.942. The van der Waals surface area contributed by atoms with Gasteiger partial charge in [0.15, 0.2) is 0 Å². The summed E-state index contributed by atoms with van der Waals surface area (Å²) >= 11 is 0. The van der Waals surface area contributed by atoms with Crippen molar-refractivity contribution in [3.8, 4) is 5.75 Å². The Morgan fingerprint density at radius 2 is 1.84 bits per heavy atom. The molecule has 0 saturated carbocycles. The number of likely N-dealkylation sites (N-methyl/N-ethyl adjacent to an activating group) is 2. The monoisotopic (exact) mass is 265 g/mol. The molecule has 0 amide bonds. The van der Waals surface area contributed by atoms with E-state index in [0.29, 0.717) is 13.2 Å². The molecule has 19 heavy (non-hydrogen) atoms. The summed E-state index contributed by atoms with van der Waals surface area (Å²) in [6, 6.07) is 8.36. The van der Waals surface area contributed by atoms with Gasteiger partial charge < -0.3 is 15.4 Å². The highest BCUT2D eigenvalue weighted by molar-refractivity contribution is 5.36. The highest BCUT2D eigenvalue weighted by Crippen LogP contribution is 2.27. The Morgan fingerprint density at radius 3 is 2.42 bits per heavy atom. The summed E-state index contributed by atoms with van der Waals surface area (Å²) in [5.41, 5.74) is 7.14. The van der Waals surface area contributed by atoms with E-state index in [2.05, 4.69) is 37.0 Å². The van der Waals surface area contributed by atoms with E-state index in [0.717, 1.165) is 18.8 Å². The number of nitrogens with zero attached hydrogens (tertiary/aromatic N) is 2. The van der Waals surface area contributed by atoms with E-state index in [1.54, 1.807) is 0 Å². The number of para-hydroxylation sites is 1. The van der Waals surface area contributed by atoms with E-state index in [1.165, 1.54) is 5.56 Å². The zero-order valence-corrected chi connectivity index (χ0v) is 12.6. The maximum atomic E-state index is 5.97. The molecule has 1 aromatic carbocycles. The minimum absolute atomic E-state index is 0.197. The van der Waals surface area contributed by atoms with Gasteiger partial charge in [-0.15, -0.1) is 0 Å². The van der Waals surface area contributed by atoms with Crippen LogP contribution in [0.2, 0.25) is 0 Å². The smallest absolute Gasteiger partial charge is 0.124 e. The predicted molar refractivity (Wildman–Crippen MR) is 80.6 cm³/mol. The van der Waals surface area contributed by atoms with Crippen molar-refractivity contribution < 1.29 is 4.74 Å². The molecule has 1 aromatic rings. The Balaban J connectivity index is 2.83. The molecule has 1 unspecified atom stereocenters. The lowest BCUT2D eigenvalue weighted by molar-refractivity contribution is 0.217. The number of nitrogens with two attached hydrogens (primary N) is 1. The molecule has 4 heteroatoms. The number of hydrogen-bond acceptors (Lipinski definition) is 4. The lowest BCUT2D eigenvalue weighted by Gasteiger charge is -2.29. The average molecular weight is 265 g/mol. The molecule has 108 valence electrons. The molecule has 0 spiro atoms. The second-order valence-corrected chi connectivity index (χ2v) is 5.01. The van der Waals surface area contributed by atoms with Crippen LogP contribution in [0.15, 0.2) is 24.3 Å². The van der Waals surface area contributed by atoms with Gasteiger partial charge in [-0.25, -0.2) is 0 Å². The van der Waals surface area contributed by atoms with Gasteiger partial charge in [-0.3, -0.25) is 4.90 Å². The second-order valence-electron chi connectivity index (χ2n) is 5.01. The Hall–Kier alpha value is -1.10. The summed E-state index contributed by atoms with van der Waals surface area (Å²) in [6.07, 6.45) is 0. The molecule has 0 bridgehead atoms. The number of benzene rings is 1. The van der Waals surface area contributed by atoms with Crippen molar-refractivity contribution in [3.63, 3.8) is 0 Å². The topological polar surface area (TPSA) is 41.7 Å². The van der Waals surface area contributed by atoms with Crippen LogP contribution in [-0.4, -0.2) is 57.2 Å². The summed E-state index contributed by atoms with van der Waals surface area (Å²) in [6.45, 7) is 5.27. The summed E-state index contributed by atoms with van der Waals surface area (Å²) in [5, 5.41) is 0. The van der Waals surface area contributed by atoms with Crippen molar-refractivity contribution in [2.24, 2.45) is 5.73 Å². The van der Waals surface area contributed by atoms with Crippen molar-refractivity contribution >= 4 is 0 Å². The molecule has 0 fully saturated rings. The predicted octanol–water partition coefficient (Wildman–Crippen LogP) is 1.58. The average Bonchev–Trinajstić information content (AvgIpc) is 2.39. The van der Waals surface area contributed by atoms with Crippen LogP contribution in [0.4, 0.5) is 0 Å². The lowest BCUT2D eigenvalue weighted by Crippen LogP contribution is -2.35. The molecule has 0 saturated heterocycles. The van der Waals surface area contributed by atoms with Gasteiger partial charge in [0.2, 0.25) is 0 Å². The quantitative estimate of drug-likeness (QED) is 0.775. The minimum atomic E-state index is 0.197. The third kappa shape index (κ3) is 4.82. The van der Waals surface area contributed by atoms with Crippen LogP contribution in [0.3, 0.4) is 0 Å². The molecule has 1 atom stereocenters. The van der Waals surface area contributed by atoms with Gasteiger partial charge in [0, 0.05) is 25.2 Å². The van der Waals surface area contributed by atoms with E-state index >= 15 is 0 Å². The number of rotatable bonds is 8. The molecule has 0 heterocycles. The minimum Gasteiger partial charge on any atom is -0.494 e. The zero-order valence-electron chi connectivity index (χ0n) is 12.6. The van der Waals surface area contributed by atoms with Gasteiger partial charge in [0.25, 0.3) is 0 Å². The van der Waals surface area contributed by atoms with E-state index in [-0.39, 0.29) is 6.04 Å². The zero-order chi connectivity index (χ0) is 14.3. The van der Waals surface area contributed by atoms with Crippen LogP contribution < -0.4 is 10.5 Å². The Labute approximate surface area is 117 Å². The van der Waals surface area contributed by atoms with E-state index in [9.17, 15) is 0 Å². The molecular formula is C15H27N3O. The maximum absolute atomic E-state index is 5.97. The fourth-order valence-electron chi connectivity index (χ4n) is 2.10. The largest absolute Gasteiger partial charge is 0.494 e. The Bertz CT molecular complexity index is 368. The third-order valence-corrected chi connectivity index (χ3v) is 3.23. The first-order chi connectivity index (χ1) is 9.10. The molecular weight excluding hydrogens is 238 g/mol. The van der Waals surface area contributed by atoms with Crippen molar-refractivity contribution in [3.05, 3.63) is 29.8 Å². The van der Waals surface area contributed by atoms with Crippen LogP contribution in [0.1, 0.15) is 18.5 Å².